The third-order valence-corrected chi connectivity index (χ3v) is 6.43. The van der Waals surface area contributed by atoms with Gasteiger partial charge in [0.1, 0.15) is 0 Å². The lowest BCUT2D eigenvalue weighted by Gasteiger charge is -2.48. The van der Waals surface area contributed by atoms with Crippen molar-refractivity contribution in [3.8, 4) is 5.69 Å². The van der Waals surface area contributed by atoms with Crippen molar-refractivity contribution in [2.75, 3.05) is 19.7 Å². The number of fused-ring (bicyclic) bond motifs is 2. The molecule has 2 aliphatic carbocycles. The number of aromatic nitrogens is 2. The highest BCUT2D eigenvalue weighted by atomic mass is 16.5. The van der Waals surface area contributed by atoms with E-state index in [-0.39, 0.29) is 0 Å². The fraction of sp³-hybridized carbons (Fsp3) is 0.571. The highest BCUT2D eigenvalue weighted by molar-refractivity contribution is 5.37. The van der Waals surface area contributed by atoms with Crippen LogP contribution in [0.1, 0.15) is 49.3 Å². The van der Waals surface area contributed by atoms with Crippen LogP contribution in [-0.2, 0) is 11.2 Å². The van der Waals surface area contributed by atoms with Gasteiger partial charge in [0.2, 0.25) is 0 Å². The molecule has 25 heavy (non-hydrogen) atoms. The molecule has 0 N–H and O–H groups in total. The van der Waals surface area contributed by atoms with E-state index in [1.807, 2.05) is 0 Å². The molecular formula is C21H27N3O. The number of hydrogen-bond acceptors (Lipinski definition) is 3. The fourth-order valence-electron chi connectivity index (χ4n) is 4.89. The Morgan fingerprint density at radius 3 is 2.88 bits per heavy atom. The molecule has 1 saturated heterocycles. The summed E-state index contributed by atoms with van der Waals surface area (Å²) in [4.78, 5) is 2.69. The van der Waals surface area contributed by atoms with Crippen LogP contribution in [0, 0.1) is 0 Å². The molecule has 1 aromatic carbocycles. The molecule has 1 aliphatic heterocycles. The van der Waals surface area contributed by atoms with Crippen LogP contribution >= 0.6 is 0 Å². The lowest BCUT2D eigenvalue weighted by Crippen LogP contribution is -2.57. The number of para-hydroxylation sites is 1. The molecule has 3 aliphatic rings. The Balaban J connectivity index is 1.31. The van der Waals surface area contributed by atoms with Crippen LogP contribution in [0.2, 0.25) is 0 Å². The Morgan fingerprint density at radius 1 is 1.12 bits per heavy atom. The molecule has 3 atom stereocenters. The molecular weight excluding hydrogens is 310 g/mol. The van der Waals surface area contributed by atoms with E-state index in [9.17, 15) is 0 Å². The molecule has 4 heteroatoms. The molecule has 3 unspecified atom stereocenters. The van der Waals surface area contributed by atoms with Crippen molar-refractivity contribution in [3.63, 3.8) is 0 Å². The van der Waals surface area contributed by atoms with Gasteiger partial charge in [0.05, 0.1) is 24.6 Å². The normalized spacial score (nSPS) is 28.9. The third kappa shape index (κ3) is 2.81. The molecule has 1 saturated carbocycles. The van der Waals surface area contributed by atoms with Crippen LogP contribution in [0.15, 0.2) is 36.5 Å². The number of ether oxygens (including phenoxy) is 1. The second-order valence-corrected chi connectivity index (χ2v) is 7.76. The number of hydrogen-bond donors (Lipinski definition) is 0. The van der Waals surface area contributed by atoms with Crippen molar-refractivity contribution < 1.29 is 4.74 Å². The smallest absolute Gasteiger partial charge is 0.0731 e. The minimum atomic E-state index is 0.525. The zero-order valence-electron chi connectivity index (χ0n) is 14.8. The molecule has 132 valence electrons. The first-order chi connectivity index (χ1) is 12.4. The van der Waals surface area contributed by atoms with E-state index in [2.05, 4.69) is 46.1 Å². The summed E-state index contributed by atoms with van der Waals surface area (Å²) < 4.78 is 8.02. The van der Waals surface area contributed by atoms with Gasteiger partial charge in [0, 0.05) is 18.3 Å². The van der Waals surface area contributed by atoms with Gasteiger partial charge in [-0.2, -0.15) is 5.10 Å². The molecule has 5 rings (SSSR count). The molecule has 2 heterocycles. The first-order valence-corrected chi connectivity index (χ1v) is 9.88. The summed E-state index contributed by atoms with van der Waals surface area (Å²) in [5.41, 5.74) is 4.12. The van der Waals surface area contributed by atoms with Crippen molar-refractivity contribution in [2.24, 2.45) is 0 Å². The van der Waals surface area contributed by atoms with Gasteiger partial charge >= 0.3 is 0 Å². The van der Waals surface area contributed by atoms with E-state index in [4.69, 9.17) is 9.84 Å². The number of nitrogens with zero attached hydrogens (tertiary/aromatic N) is 3. The Labute approximate surface area is 149 Å². The molecule has 0 bridgehead atoms. The van der Waals surface area contributed by atoms with Gasteiger partial charge in [-0.3, -0.25) is 4.90 Å². The van der Waals surface area contributed by atoms with E-state index in [1.54, 1.807) is 0 Å². The van der Waals surface area contributed by atoms with Gasteiger partial charge in [-0.15, -0.1) is 0 Å². The summed E-state index contributed by atoms with van der Waals surface area (Å²) in [6.07, 6.45) is 10.3. The van der Waals surface area contributed by atoms with Gasteiger partial charge in [0.15, 0.2) is 0 Å². The minimum Gasteiger partial charge on any atom is -0.375 e. The van der Waals surface area contributed by atoms with Gasteiger partial charge in [-0.1, -0.05) is 18.2 Å². The maximum atomic E-state index is 5.85. The molecule has 0 radical (unpaired) electrons. The highest BCUT2D eigenvalue weighted by Crippen LogP contribution is 2.37. The summed E-state index contributed by atoms with van der Waals surface area (Å²) in [6, 6.07) is 11.3. The van der Waals surface area contributed by atoms with Gasteiger partial charge in [0.25, 0.3) is 0 Å². The second kappa shape index (κ2) is 6.58. The van der Waals surface area contributed by atoms with Crippen LogP contribution < -0.4 is 0 Å². The van der Waals surface area contributed by atoms with Crippen molar-refractivity contribution >= 4 is 0 Å². The predicted molar refractivity (Wildman–Crippen MR) is 98.2 cm³/mol. The lowest BCUT2D eigenvalue weighted by atomic mass is 9.83. The average molecular weight is 337 g/mol. The Morgan fingerprint density at radius 2 is 2.04 bits per heavy atom. The summed E-state index contributed by atoms with van der Waals surface area (Å²) in [7, 11) is 0. The highest BCUT2D eigenvalue weighted by Gasteiger charge is 2.39. The van der Waals surface area contributed by atoms with Crippen LogP contribution in [0.4, 0.5) is 0 Å². The maximum absolute atomic E-state index is 5.85. The molecule has 0 amide bonds. The quantitative estimate of drug-likeness (QED) is 0.855. The van der Waals surface area contributed by atoms with Crippen LogP contribution in [0.5, 0.6) is 0 Å². The molecule has 0 spiro atoms. The molecule has 4 nitrogen and oxygen atoms in total. The van der Waals surface area contributed by atoms with E-state index in [0.29, 0.717) is 18.1 Å². The van der Waals surface area contributed by atoms with E-state index in [0.717, 1.165) is 19.6 Å². The van der Waals surface area contributed by atoms with Gasteiger partial charge < -0.3 is 4.74 Å². The van der Waals surface area contributed by atoms with E-state index < -0.39 is 0 Å². The van der Waals surface area contributed by atoms with E-state index in [1.165, 1.54) is 55.6 Å². The van der Waals surface area contributed by atoms with E-state index >= 15 is 0 Å². The maximum Gasteiger partial charge on any atom is 0.0731 e. The molecule has 1 aromatic heterocycles. The van der Waals surface area contributed by atoms with Crippen LogP contribution in [-0.4, -0.2) is 46.5 Å². The van der Waals surface area contributed by atoms with Crippen molar-refractivity contribution in [1.29, 1.82) is 0 Å². The summed E-state index contributed by atoms with van der Waals surface area (Å²) in [5.74, 6) is 0.669. The summed E-state index contributed by atoms with van der Waals surface area (Å²) >= 11 is 0. The number of benzene rings is 1. The zero-order chi connectivity index (χ0) is 16.6. The minimum absolute atomic E-state index is 0.525. The number of rotatable bonds is 4. The fourth-order valence-corrected chi connectivity index (χ4v) is 4.89. The third-order valence-electron chi connectivity index (χ3n) is 6.43. The Hall–Kier alpha value is -1.65. The zero-order valence-corrected chi connectivity index (χ0v) is 14.8. The van der Waals surface area contributed by atoms with Crippen molar-refractivity contribution in [3.05, 3.63) is 47.8 Å². The van der Waals surface area contributed by atoms with Crippen molar-refractivity contribution in [1.82, 2.24) is 14.7 Å². The van der Waals surface area contributed by atoms with Crippen LogP contribution in [0.25, 0.3) is 5.69 Å². The predicted octanol–water partition coefficient (Wildman–Crippen LogP) is 3.55. The molecule has 2 fully saturated rings. The first kappa shape index (κ1) is 15.6. The summed E-state index contributed by atoms with van der Waals surface area (Å²) in [5, 5.41) is 4.73. The lowest BCUT2D eigenvalue weighted by molar-refractivity contribution is -0.121. The summed E-state index contributed by atoms with van der Waals surface area (Å²) in [6.45, 7) is 3.25. The van der Waals surface area contributed by atoms with Crippen molar-refractivity contribution in [2.45, 2.75) is 56.6 Å². The standard InChI is InChI=1S/C21H27N3O/c1-2-6-17(7-3-1)24-19-8-4-5-16(18(19)15-22-24)11-12-23-13-14-25-21-10-9-20(21)23/h1-3,6-7,15-16,20-21H,4-5,8-14H2. The Bertz CT molecular complexity index is 726. The average Bonchev–Trinajstić information content (AvgIpc) is 3.06. The topological polar surface area (TPSA) is 30.3 Å². The largest absolute Gasteiger partial charge is 0.375 e. The number of morpholine rings is 1. The SMILES string of the molecule is c1ccc(-n2ncc3c2CCCC3CCN2CCOC3CCC32)cc1. The van der Waals surface area contributed by atoms with Gasteiger partial charge in [-0.05, 0) is 68.7 Å². The monoisotopic (exact) mass is 337 g/mol. The van der Waals surface area contributed by atoms with Gasteiger partial charge in [-0.25, -0.2) is 4.68 Å². The second-order valence-electron chi connectivity index (χ2n) is 7.76. The Kier molecular flexibility index (Phi) is 4.10. The first-order valence-electron chi connectivity index (χ1n) is 9.88. The van der Waals surface area contributed by atoms with Crippen LogP contribution in [0.3, 0.4) is 0 Å². The molecule has 2 aromatic rings.